The summed E-state index contributed by atoms with van der Waals surface area (Å²) in [4.78, 5) is 17.4. The smallest absolute Gasteiger partial charge is 0.151 e. The molecule has 0 aliphatic heterocycles. The summed E-state index contributed by atoms with van der Waals surface area (Å²) in [6.45, 7) is 3.15. The van der Waals surface area contributed by atoms with Gasteiger partial charge >= 0.3 is 0 Å². The zero-order chi connectivity index (χ0) is 12.1. The Balaban J connectivity index is 2.12. The molecule has 1 aromatic rings. The number of aromatic nitrogens is 1. The van der Waals surface area contributed by atoms with Crippen LogP contribution >= 0.6 is 0 Å². The Morgan fingerprint density at radius 2 is 2.12 bits per heavy atom. The molecule has 0 N–H and O–H groups in total. The van der Waals surface area contributed by atoms with Gasteiger partial charge in [0.1, 0.15) is 5.82 Å². The van der Waals surface area contributed by atoms with Gasteiger partial charge < -0.3 is 4.90 Å². The Morgan fingerprint density at radius 3 is 2.65 bits per heavy atom. The third-order valence-electron chi connectivity index (χ3n) is 3.56. The van der Waals surface area contributed by atoms with Crippen LogP contribution < -0.4 is 4.90 Å². The molecule has 2 rings (SSSR count). The molecule has 92 valence electrons. The van der Waals surface area contributed by atoms with Crippen molar-refractivity contribution in [2.24, 2.45) is 0 Å². The summed E-state index contributed by atoms with van der Waals surface area (Å²) in [6.07, 6.45) is 9.06. The predicted molar refractivity (Wildman–Crippen MR) is 69.5 cm³/mol. The van der Waals surface area contributed by atoms with Gasteiger partial charge in [0.05, 0.1) is 0 Å². The van der Waals surface area contributed by atoms with Crippen LogP contribution in [0.5, 0.6) is 0 Å². The molecule has 0 bridgehead atoms. The molecule has 1 saturated carbocycles. The van der Waals surface area contributed by atoms with Crippen molar-refractivity contribution in [2.45, 2.75) is 45.1 Å². The van der Waals surface area contributed by atoms with Crippen molar-refractivity contribution < 1.29 is 4.79 Å². The zero-order valence-corrected chi connectivity index (χ0v) is 10.4. The van der Waals surface area contributed by atoms with Crippen molar-refractivity contribution in [2.75, 3.05) is 11.4 Å². The largest absolute Gasteiger partial charge is 0.354 e. The number of hydrogen-bond donors (Lipinski definition) is 0. The van der Waals surface area contributed by atoms with E-state index in [1.807, 2.05) is 12.1 Å². The van der Waals surface area contributed by atoms with Crippen LogP contribution in [0.4, 0.5) is 5.82 Å². The van der Waals surface area contributed by atoms with E-state index >= 15 is 0 Å². The molecule has 1 aromatic heterocycles. The second-order valence-corrected chi connectivity index (χ2v) is 4.65. The molecule has 0 spiro atoms. The number of carbonyl (C=O) groups is 1. The lowest BCUT2D eigenvalue weighted by Gasteiger charge is -2.34. The number of aldehydes is 1. The number of nitrogens with zero attached hydrogens (tertiary/aromatic N) is 2. The zero-order valence-electron chi connectivity index (χ0n) is 10.4. The number of carbonyl (C=O) groups excluding carboxylic acids is 1. The van der Waals surface area contributed by atoms with Crippen LogP contribution in [0.1, 0.15) is 49.4 Å². The SMILES string of the molecule is CCN(c1ccc(C=O)cn1)C1CCCCC1. The summed E-state index contributed by atoms with van der Waals surface area (Å²) in [5, 5.41) is 0. The first-order valence-corrected chi connectivity index (χ1v) is 6.53. The van der Waals surface area contributed by atoms with Crippen molar-refractivity contribution in [3.63, 3.8) is 0 Å². The Labute approximate surface area is 103 Å². The van der Waals surface area contributed by atoms with Gasteiger partial charge in [0.2, 0.25) is 0 Å². The summed E-state index contributed by atoms with van der Waals surface area (Å²) < 4.78 is 0. The first-order valence-electron chi connectivity index (χ1n) is 6.53. The van der Waals surface area contributed by atoms with Crippen molar-refractivity contribution in [1.82, 2.24) is 4.98 Å². The van der Waals surface area contributed by atoms with E-state index in [1.54, 1.807) is 6.20 Å². The van der Waals surface area contributed by atoms with Gasteiger partial charge in [-0.2, -0.15) is 0 Å². The number of pyridine rings is 1. The lowest BCUT2D eigenvalue weighted by atomic mass is 9.94. The maximum absolute atomic E-state index is 10.6. The molecular weight excluding hydrogens is 212 g/mol. The van der Waals surface area contributed by atoms with E-state index in [-0.39, 0.29) is 0 Å². The van der Waals surface area contributed by atoms with Crippen molar-refractivity contribution in [3.8, 4) is 0 Å². The standard InChI is InChI=1S/C14H20N2O/c1-2-16(13-6-4-3-5-7-13)14-9-8-12(11-17)10-15-14/h8-11,13H,2-7H2,1H3. The van der Waals surface area contributed by atoms with Crippen molar-refractivity contribution in [3.05, 3.63) is 23.9 Å². The highest BCUT2D eigenvalue weighted by Gasteiger charge is 2.20. The van der Waals surface area contributed by atoms with Crippen molar-refractivity contribution >= 4 is 12.1 Å². The van der Waals surface area contributed by atoms with E-state index in [0.29, 0.717) is 11.6 Å². The van der Waals surface area contributed by atoms with E-state index in [1.165, 1.54) is 32.1 Å². The van der Waals surface area contributed by atoms with E-state index in [0.717, 1.165) is 18.6 Å². The molecule has 1 heterocycles. The maximum atomic E-state index is 10.6. The van der Waals surface area contributed by atoms with Crippen molar-refractivity contribution in [1.29, 1.82) is 0 Å². The van der Waals surface area contributed by atoms with Gasteiger partial charge in [0.25, 0.3) is 0 Å². The molecule has 0 aromatic carbocycles. The number of rotatable bonds is 4. The average Bonchev–Trinajstić information content (AvgIpc) is 2.42. The van der Waals surface area contributed by atoms with E-state index in [2.05, 4.69) is 16.8 Å². The van der Waals surface area contributed by atoms with Crippen LogP contribution in [0.3, 0.4) is 0 Å². The molecule has 3 nitrogen and oxygen atoms in total. The topological polar surface area (TPSA) is 33.2 Å². The minimum atomic E-state index is 0.628. The Morgan fingerprint density at radius 1 is 1.35 bits per heavy atom. The summed E-state index contributed by atoms with van der Waals surface area (Å²) in [7, 11) is 0. The molecule has 1 aliphatic carbocycles. The minimum Gasteiger partial charge on any atom is -0.354 e. The number of anilines is 1. The molecule has 0 radical (unpaired) electrons. The monoisotopic (exact) mass is 232 g/mol. The first-order chi connectivity index (χ1) is 8.35. The molecule has 1 fully saturated rings. The second-order valence-electron chi connectivity index (χ2n) is 4.65. The van der Waals surface area contributed by atoms with Gasteiger partial charge in [0, 0.05) is 24.3 Å². The summed E-state index contributed by atoms with van der Waals surface area (Å²) >= 11 is 0. The lowest BCUT2D eigenvalue weighted by molar-refractivity contribution is 0.112. The van der Waals surface area contributed by atoms with Crippen LogP contribution in [0.2, 0.25) is 0 Å². The van der Waals surface area contributed by atoms with Crippen LogP contribution in [0.25, 0.3) is 0 Å². The van der Waals surface area contributed by atoms with Gasteiger partial charge in [-0.3, -0.25) is 4.79 Å². The highest BCUT2D eigenvalue weighted by atomic mass is 16.1. The Hall–Kier alpha value is -1.38. The second kappa shape index (κ2) is 5.80. The van der Waals surface area contributed by atoms with E-state index < -0.39 is 0 Å². The van der Waals surface area contributed by atoms with Crippen LogP contribution in [-0.2, 0) is 0 Å². The normalized spacial score (nSPS) is 16.8. The van der Waals surface area contributed by atoms with E-state index in [9.17, 15) is 4.79 Å². The van der Waals surface area contributed by atoms with Gasteiger partial charge in [0.15, 0.2) is 6.29 Å². The molecule has 0 unspecified atom stereocenters. The third-order valence-corrected chi connectivity index (χ3v) is 3.56. The number of hydrogen-bond acceptors (Lipinski definition) is 3. The van der Waals surface area contributed by atoms with Gasteiger partial charge in [-0.15, -0.1) is 0 Å². The Kier molecular flexibility index (Phi) is 4.13. The molecule has 0 saturated heterocycles. The summed E-state index contributed by atoms with van der Waals surface area (Å²) in [5.41, 5.74) is 0.647. The van der Waals surface area contributed by atoms with Gasteiger partial charge in [-0.05, 0) is 31.9 Å². The summed E-state index contributed by atoms with van der Waals surface area (Å²) in [5.74, 6) is 1.00. The fraction of sp³-hybridized carbons (Fsp3) is 0.571. The molecule has 1 aliphatic rings. The maximum Gasteiger partial charge on any atom is 0.151 e. The van der Waals surface area contributed by atoms with E-state index in [4.69, 9.17) is 0 Å². The van der Waals surface area contributed by atoms with Crippen LogP contribution in [0.15, 0.2) is 18.3 Å². The lowest BCUT2D eigenvalue weighted by Crippen LogP contribution is -2.37. The fourth-order valence-corrected chi connectivity index (χ4v) is 2.64. The highest BCUT2D eigenvalue weighted by molar-refractivity contribution is 5.74. The molecule has 0 atom stereocenters. The Bertz CT molecular complexity index is 355. The molecule has 17 heavy (non-hydrogen) atoms. The predicted octanol–water partition coefficient (Wildman–Crippen LogP) is 3.05. The quantitative estimate of drug-likeness (QED) is 0.748. The molecule has 0 amide bonds. The molecular formula is C14H20N2O. The highest BCUT2D eigenvalue weighted by Crippen LogP contribution is 2.25. The average molecular weight is 232 g/mol. The van der Waals surface area contributed by atoms with Gasteiger partial charge in [-0.1, -0.05) is 19.3 Å². The third kappa shape index (κ3) is 2.84. The first kappa shape index (κ1) is 12.1. The fourth-order valence-electron chi connectivity index (χ4n) is 2.64. The summed E-state index contributed by atoms with van der Waals surface area (Å²) in [6, 6.07) is 4.44. The van der Waals surface area contributed by atoms with Crippen LogP contribution in [-0.4, -0.2) is 23.9 Å². The van der Waals surface area contributed by atoms with Gasteiger partial charge in [-0.25, -0.2) is 4.98 Å². The molecule has 3 heteroatoms. The minimum absolute atomic E-state index is 0.628. The van der Waals surface area contributed by atoms with Crippen LogP contribution in [0, 0.1) is 0 Å².